The molecular weight excluding hydrogens is 318 g/mol. The zero-order valence-electron chi connectivity index (χ0n) is 15.7. The molecule has 0 aliphatic carbocycles. The summed E-state index contributed by atoms with van der Waals surface area (Å²) in [5, 5.41) is 8.65. The Bertz CT molecular complexity index is 862. The Balaban J connectivity index is 0.000000209. The molecule has 0 aliphatic rings. The number of nitriles is 1. The minimum atomic E-state index is 0.0833. The summed E-state index contributed by atoms with van der Waals surface area (Å²) >= 11 is 0. The van der Waals surface area contributed by atoms with Crippen LogP contribution in [-0.2, 0) is 0 Å². The van der Waals surface area contributed by atoms with Crippen LogP contribution in [-0.4, -0.2) is 5.78 Å². The first-order valence-corrected chi connectivity index (χ1v) is 8.56. The Morgan fingerprint density at radius 3 is 1.38 bits per heavy atom. The fourth-order valence-electron chi connectivity index (χ4n) is 2.57. The normalized spacial score (nSPS) is 9.65. The van der Waals surface area contributed by atoms with Crippen molar-refractivity contribution >= 4 is 5.78 Å². The predicted octanol–water partition coefficient (Wildman–Crippen LogP) is 5.71. The van der Waals surface area contributed by atoms with Crippen LogP contribution in [0, 0.1) is 39.0 Å². The molecule has 0 heterocycles. The van der Waals surface area contributed by atoms with Crippen LogP contribution in [0.3, 0.4) is 0 Å². The number of hydrogen-bond acceptors (Lipinski definition) is 2. The third-order valence-electron chi connectivity index (χ3n) is 4.22. The lowest BCUT2D eigenvalue weighted by Crippen LogP contribution is -2.00. The molecule has 2 heteroatoms. The number of aryl methyl sites for hydroxylation is 4. The van der Waals surface area contributed by atoms with Gasteiger partial charge >= 0.3 is 0 Å². The van der Waals surface area contributed by atoms with Crippen molar-refractivity contribution in [3.05, 3.63) is 106 Å². The van der Waals surface area contributed by atoms with Crippen molar-refractivity contribution in [3.8, 4) is 6.07 Å². The first-order valence-electron chi connectivity index (χ1n) is 8.56. The summed E-state index contributed by atoms with van der Waals surface area (Å²) in [6, 6.07) is 23.4. The van der Waals surface area contributed by atoms with Crippen molar-refractivity contribution in [3.63, 3.8) is 0 Å². The van der Waals surface area contributed by atoms with Gasteiger partial charge < -0.3 is 0 Å². The van der Waals surface area contributed by atoms with E-state index in [0.717, 1.165) is 27.8 Å². The molecule has 0 fully saturated rings. The van der Waals surface area contributed by atoms with Crippen molar-refractivity contribution in [2.24, 2.45) is 0 Å². The molecule has 0 saturated heterocycles. The second-order valence-electron chi connectivity index (χ2n) is 6.44. The highest BCUT2D eigenvalue weighted by Crippen LogP contribution is 2.12. The summed E-state index contributed by atoms with van der Waals surface area (Å²) < 4.78 is 0. The molecule has 26 heavy (non-hydrogen) atoms. The molecule has 130 valence electrons. The zero-order valence-corrected chi connectivity index (χ0v) is 15.7. The van der Waals surface area contributed by atoms with Crippen LogP contribution in [0.5, 0.6) is 0 Å². The molecular formula is C24H23NO. The van der Waals surface area contributed by atoms with Crippen molar-refractivity contribution < 1.29 is 4.79 Å². The van der Waals surface area contributed by atoms with E-state index < -0.39 is 0 Å². The molecule has 3 aromatic carbocycles. The summed E-state index contributed by atoms with van der Waals surface area (Å²) in [6.45, 7) is 7.93. The van der Waals surface area contributed by atoms with Gasteiger partial charge in [0.05, 0.1) is 11.6 Å². The van der Waals surface area contributed by atoms with Gasteiger partial charge in [-0.15, -0.1) is 0 Å². The first-order chi connectivity index (χ1) is 12.4. The Morgan fingerprint density at radius 1 is 0.692 bits per heavy atom. The molecule has 2 nitrogen and oxygen atoms in total. The van der Waals surface area contributed by atoms with E-state index in [2.05, 4.69) is 6.07 Å². The highest BCUT2D eigenvalue weighted by molar-refractivity contribution is 6.08. The average Bonchev–Trinajstić information content (AvgIpc) is 2.63. The molecule has 0 amide bonds. The van der Waals surface area contributed by atoms with Crippen LogP contribution < -0.4 is 0 Å². The summed E-state index contributed by atoms with van der Waals surface area (Å²) in [5.41, 5.74) is 6.75. The summed E-state index contributed by atoms with van der Waals surface area (Å²) in [5.74, 6) is 0.0833. The minimum Gasteiger partial charge on any atom is -0.289 e. The van der Waals surface area contributed by atoms with E-state index in [1.54, 1.807) is 0 Å². The average molecular weight is 341 g/mol. The molecule has 0 bridgehead atoms. The molecule has 0 saturated carbocycles. The van der Waals surface area contributed by atoms with Crippen LogP contribution in [0.4, 0.5) is 0 Å². The topological polar surface area (TPSA) is 40.9 Å². The van der Waals surface area contributed by atoms with E-state index in [9.17, 15) is 4.79 Å². The van der Waals surface area contributed by atoms with Crippen LogP contribution in [0.15, 0.2) is 66.7 Å². The van der Waals surface area contributed by atoms with Gasteiger partial charge in [-0.3, -0.25) is 4.79 Å². The third-order valence-corrected chi connectivity index (χ3v) is 4.22. The van der Waals surface area contributed by atoms with E-state index in [1.165, 1.54) is 11.1 Å². The first kappa shape index (κ1) is 19.1. The number of benzene rings is 3. The zero-order chi connectivity index (χ0) is 19.1. The molecule has 0 spiro atoms. The number of rotatable bonds is 2. The number of ketones is 1. The fraction of sp³-hybridized carbons (Fsp3) is 0.167. The van der Waals surface area contributed by atoms with Gasteiger partial charge in [0.1, 0.15) is 0 Å². The number of hydrogen-bond donors (Lipinski definition) is 0. The van der Waals surface area contributed by atoms with Gasteiger partial charge in [-0.1, -0.05) is 77.9 Å². The van der Waals surface area contributed by atoms with Gasteiger partial charge in [0.15, 0.2) is 5.78 Å². The molecule has 0 N–H and O–H groups in total. The Morgan fingerprint density at radius 2 is 1.08 bits per heavy atom. The van der Waals surface area contributed by atoms with Gasteiger partial charge in [0.2, 0.25) is 0 Å². The van der Waals surface area contributed by atoms with E-state index in [-0.39, 0.29) is 5.78 Å². The van der Waals surface area contributed by atoms with Gasteiger partial charge in [-0.05, 0) is 38.8 Å². The smallest absolute Gasteiger partial charge is 0.193 e. The second kappa shape index (κ2) is 8.78. The molecule has 0 aromatic heterocycles. The Labute approximate surface area is 155 Å². The second-order valence-corrected chi connectivity index (χ2v) is 6.44. The molecule has 0 aliphatic heterocycles. The van der Waals surface area contributed by atoms with E-state index in [1.807, 2.05) is 94.4 Å². The van der Waals surface area contributed by atoms with E-state index in [0.29, 0.717) is 0 Å². The van der Waals surface area contributed by atoms with Crippen molar-refractivity contribution in [1.82, 2.24) is 0 Å². The maximum atomic E-state index is 12.1. The largest absolute Gasteiger partial charge is 0.289 e. The van der Waals surface area contributed by atoms with E-state index in [4.69, 9.17) is 5.26 Å². The number of nitrogens with zero attached hydrogens (tertiary/aromatic N) is 1. The quantitative estimate of drug-likeness (QED) is 0.560. The highest BCUT2D eigenvalue weighted by Gasteiger charge is 2.07. The molecule has 0 atom stereocenters. The van der Waals surface area contributed by atoms with Gasteiger partial charge in [-0.2, -0.15) is 5.26 Å². The van der Waals surface area contributed by atoms with E-state index >= 15 is 0 Å². The van der Waals surface area contributed by atoms with Crippen LogP contribution in [0.2, 0.25) is 0 Å². The van der Waals surface area contributed by atoms with Gasteiger partial charge in [0.25, 0.3) is 0 Å². The number of carbonyl (C=O) groups is 1. The SMILES string of the molecule is Cc1ccc(C(=O)c2ccc(C)cc2)cc1.Cc1cccc(C)c1C#N. The van der Waals surface area contributed by atoms with Crippen LogP contribution in [0.1, 0.15) is 43.7 Å². The predicted molar refractivity (Wildman–Crippen MR) is 106 cm³/mol. The maximum absolute atomic E-state index is 12.1. The van der Waals surface area contributed by atoms with Crippen molar-refractivity contribution in [2.45, 2.75) is 27.7 Å². The summed E-state index contributed by atoms with van der Waals surface area (Å²) in [6.07, 6.45) is 0. The molecule has 3 rings (SSSR count). The van der Waals surface area contributed by atoms with Crippen molar-refractivity contribution in [1.29, 1.82) is 5.26 Å². The molecule has 0 radical (unpaired) electrons. The standard InChI is InChI=1S/C15H14O.C9H9N/c1-11-3-7-13(8-4-11)15(16)14-9-5-12(2)6-10-14;1-7-4-3-5-8(2)9(7)6-10/h3-10H,1-2H3;3-5H,1-2H3. The number of carbonyl (C=O) groups excluding carboxylic acids is 1. The lowest BCUT2D eigenvalue weighted by Gasteiger charge is -2.02. The monoisotopic (exact) mass is 341 g/mol. The molecule has 0 unspecified atom stereocenters. The summed E-state index contributed by atoms with van der Waals surface area (Å²) in [4.78, 5) is 12.1. The lowest BCUT2D eigenvalue weighted by atomic mass is 10.0. The summed E-state index contributed by atoms with van der Waals surface area (Å²) in [7, 11) is 0. The lowest BCUT2D eigenvalue weighted by molar-refractivity contribution is 0.103. The Kier molecular flexibility index (Phi) is 6.47. The third kappa shape index (κ3) is 4.91. The molecule has 3 aromatic rings. The van der Waals surface area contributed by atoms with Gasteiger partial charge in [-0.25, -0.2) is 0 Å². The fourth-order valence-corrected chi connectivity index (χ4v) is 2.57. The highest BCUT2D eigenvalue weighted by atomic mass is 16.1. The van der Waals surface area contributed by atoms with Gasteiger partial charge in [0, 0.05) is 11.1 Å². The minimum absolute atomic E-state index is 0.0833. The van der Waals surface area contributed by atoms with Crippen molar-refractivity contribution in [2.75, 3.05) is 0 Å². The van der Waals surface area contributed by atoms with Crippen LogP contribution >= 0.6 is 0 Å². The Hall–Kier alpha value is -3.18. The maximum Gasteiger partial charge on any atom is 0.193 e. The van der Waals surface area contributed by atoms with Crippen LogP contribution in [0.25, 0.3) is 0 Å².